The molecule has 11 heavy (non-hydrogen) atoms. The number of aromatic amines is 1. The highest BCUT2D eigenvalue weighted by Gasteiger charge is 2.20. The number of anilines is 1. The summed E-state index contributed by atoms with van der Waals surface area (Å²) in [6, 6.07) is 0. The summed E-state index contributed by atoms with van der Waals surface area (Å²) < 4.78 is 0. The average Bonchev–Trinajstić information content (AvgIpc) is 2.66. The summed E-state index contributed by atoms with van der Waals surface area (Å²) in [5.41, 5.74) is 0. The Kier molecular flexibility index (Phi) is 1.79. The average molecular weight is 151 g/mol. The third kappa shape index (κ3) is 1.97. The van der Waals surface area contributed by atoms with Gasteiger partial charge in [0.1, 0.15) is 0 Å². The molecule has 3 heteroatoms. The van der Waals surface area contributed by atoms with E-state index in [0.29, 0.717) is 0 Å². The number of H-pyrrole nitrogens is 1. The molecule has 0 aromatic carbocycles. The van der Waals surface area contributed by atoms with Crippen molar-refractivity contribution in [3.8, 4) is 0 Å². The van der Waals surface area contributed by atoms with Gasteiger partial charge in [0.2, 0.25) is 0 Å². The highest BCUT2D eigenvalue weighted by Crippen LogP contribution is 2.31. The molecule has 0 aliphatic heterocycles. The van der Waals surface area contributed by atoms with Gasteiger partial charge >= 0.3 is 0 Å². The van der Waals surface area contributed by atoms with E-state index in [0.717, 1.165) is 18.4 Å². The van der Waals surface area contributed by atoms with Gasteiger partial charge in [-0.05, 0) is 12.3 Å². The van der Waals surface area contributed by atoms with Crippen molar-refractivity contribution < 1.29 is 0 Å². The first-order valence-electron chi connectivity index (χ1n) is 4.18. The Morgan fingerprint density at radius 3 is 3.18 bits per heavy atom. The highest BCUT2D eigenvalue weighted by atomic mass is 15.1. The third-order valence-electron chi connectivity index (χ3n) is 2.04. The minimum Gasteiger partial charge on any atom is -0.356 e. The number of hydrogen-bond donors (Lipinski definition) is 2. The number of nitrogens with zero attached hydrogens (tertiary/aromatic N) is 1. The van der Waals surface area contributed by atoms with Crippen molar-refractivity contribution >= 4 is 5.95 Å². The molecule has 1 aliphatic rings. The molecular formula is C8H13N3. The summed E-state index contributed by atoms with van der Waals surface area (Å²) in [6.07, 6.45) is 7.75. The van der Waals surface area contributed by atoms with Crippen LogP contribution in [0.3, 0.4) is 0 Å². The topological polar surface area (TPSA) is 40.7 Å². The fraction of sp³-hybridized carbons (Fsp3) is 0.625. The lowest BCUT2D eigenvalue weighted by atomic mass is 10.3. The summed E-state index contributed by atoms with van der Waals surface area (Å²) in [6.45, 7) is 1.05. The standard InChI is InChI=1S/C8H13N3/c1-2-7(1)3-4-9-8-10-5-6-11-8/h5-7H,1-4H2,(H2,9,10,11). The molecule has 0 bridgehead atoms. The molecule has 2 N–H and O–H groups in total. The Hall–Kier alpha value is -0.990. The van der Waals surface area contributed by atoms with Crippen LogP contribution in [-0.4, -0.2) is 16.5 Å². The first-order valence-corrected chi connectivity index (χ1v) is 4.18. The van der Waals surface area contributed by atoms with Gasteiger partial charge in [-0.2, -0.15) is 0 Å². The number of nitrogens with one attached hydrogen (secondary N) is 2. The van der Waals surface area contributed by atoms with Gasteiger partial charge in [-0.3, -0.25) is 0 Å². The molecule has 0 spiro atoms. The lowest BCUT2D eigenvalue weighted by Gasteiger charge is -1.99. The van der Waals surface area contributed by atoms with Gasteiger partial charge in [-0.1, -0.05) is 12.8 Å². The third-order valence-corrected chi connectivity index (χ3v) is 2.04. The van der Waals surface area contributed by atoms with Gasteiger partial charge in [0.05, 0.1) is 0 Å². The van der Waals surface area contributed by atoms with Gasteiger partial charge in [-0.15, -0.1) is 0 Å². The molecule has 1 heterocycles. The minimum atomic E-state index is 0.894. The predicted octanol–water partition coefficient (Wildman–Crippen LogP) is 1.62. The first kappa shape index (κ1) is 6.70. The van der Waals surface area contributed by atoms with E-state index < -0.39 is 0 Å². The number of rotatable bonds is 4. The van der Waals surface area contributed by atoms with Crippen LogP contribution in [0.25, 0.3) is 0 Å². The Morgan fingerprint density at radius 2 is 2.55 bits per heavy atom. The Morgan fingerprint density at radius 1 is 1.64 bits per heavy atom. The summed E-state index contributed by atoms with van der Waals surface area (Å²) in [4.78, 5) is 7.08. The first-order chi connectivity index (χ1) is 5.45. The van der Waals surface area contributed by atoms with E-state index in [1.807, 2.05) is 6.20 Å². The quantitative estimate of drug-likeness (QED) is 0.686. The van der Waals surface area contributed by atoms with E-state index in [-0.39, 0.29) is 0 Å². The molecular weight excluding hydrogens is 138 g/mol. The van der Waals surface area contributed by atoms with Crippen molar-refractivity contribution in [1.82, 2.24) is 9.97 Å². The fourth-order valence-corrected chi connectivity index (χ4v) is 1.16. The van der Waals surface area contributed by atoms with E-state index in [4.69, 9.17) is 0 Å². The lowest BCUT2D eigenvalue weighted by Crippen LogP contribution is -2.03. The fourth-order valence-electron chi connectivity index (χ4n) is 1.16. The molecule has 0 radical (unpaired) electrons. The molecule has 0 saturated heterocycles. The monoisotopic (exact) mass is 151 g/mol. The molecule has 1 fully saturated rings. The second-order valence-corrected chi connectivity index (χ2v) is 3.10. The van der Waals surface area contributed by atoms with Gasteiger partial charge in [0.15, 0.2) is 5.95 Å². The van der Waals surface area contributed by atoms with Crippen molar-refractivity contribution in [2.45, 2.75) is 19.3 Å². The van der Waals surface area contributed by atoms with Crippen molar-refractivity contribution in [2.24, 2.45) is 5.92 Å². The van der Waals surface area contributed by atoms with E-state index in [9.17, 15) is 0 Å². The van der Waals surface area contributed by atoms with Crippen molar-refractivity contribution in [3.05, 3.63) is 12.4 Å². The molecule has 1 saturated carbocycles. The molecule has 1 aromatic heterocycles. The van der Waals surface area contributed by atoms with Crippen LogP contribution in [-0.2, 0) is 0 Å². The largest absolute Gasteiger partial charge is 0.356 e. The zero-order chi connectivity index (χ0) is 7.52. The maximum atomic E-state index is 4.07. The van der Waals surface area contributed by atoms with Crippen LogP contribution in [0.4, 0.5) is 5.95 Å². The Labute approximate surface area is 66.2 Å². The second kappa shape index (κ2) is 2.95. The van der Waals surface area contributed by atoms with E-state index in [1.165, 1.54) is 19.3 Å². The Bertz CT molecular complexity index is 201. The zero-order valence-corrected chi connectivity index (χ0v) is 6.51. The SMILES string of the molecule is c1c[nH]c(NCCC2CC2)n1. The van der Waals surface area contributed by atoms with Crippen LogP contribution in [0.15, 0.2) is 12.4 Å². The minimum absolute atomic E-state index is 0.894. The van der Waals surface area contributed by atoms with E-state index in [2.05, 4.69) is 15.3 Å². The van der Waals surface area contributed by atoms with Crippen molar-refractivity contribution in [3.63, 3.8) is 0 Å². The van der Waals surface area contributed by atoms with Crippen LogP contribution < -0.4 is 5.32 Å². The molecule has 2 rings (SSSR count). The second-order valence-electron chi connectivity index (χ2n) is 3.10. The van der Waals surface area contributed by atoms with Gasteiger partial charge in [0.25, 0.3) is 0 Å². The van der Waals surface area contributed by atoms with Crippen molar-refractivity contribution in [1.29, 1.82) is 0 Å². The van der Waals surface area contributed by atoms with Crippen LogP contribution >= 0.6 is 0 Å². The van der Waals surface area contributed by atoms with Crippen LogP contribution in [0.2, 0.25) is 0 Å². The zero-order valence-electron chi connectivity index (χ0n) is 6.51. The van der Waals surface area contributed by atoms with Gasteiger partial charge in [-0.25, -0.2) is 4.98 Å². The van der Waals surface area contributed by atoms with E-state index >= 15 is 0 Å². The number of hydrogen-bond acceptors (Lipinski definition) is 2. The maximum Gasteiger partial charge on any atom is 0.200 e. The number of aromatic nitrogens is 2. The van der Waals surface area contributed by atoms with Crippen molar-refractivity contribution in [2.75, 3.05) is 11.9 Å². The predicted molar refractivity (Wildman–Crippen MR) is 44.4 cm³/mol. The van der Waals surface area contributed by atoms with Gasteiger partial charge in [0, 0.05) is 18.9 Å². The number of imidazole rings is 1. The maximum absolute atomic E-state index is 4.07. The summed E-state index contributed by atoms with van der Waals surface area (Å²) >= 11 is 0. The molecule has 60 valence electrons. The Balaban J connectivity index is 1.66. The molecule has 0 unspecified atom stereocenters. The summed E-state index contributed by atoms with van der Waals surface area (Å²) in [5.74, 6) is 1.89. The molecule has 3 nitrogen and oxygen atoms in total. The highest BCUT2D eigenvalue weighted by molar-refractivity contribution is 5.22. The summed E-state index contributed by atoms with van der Waals surface area (Å²) in [5, 5.41) is 3.23. The smallest absolute Gasteiger partial charge is 0.200 e. The van der Waals surface area contributed by atoms with Crippen LogP contribution in [0.1, 0.15) is 19.3 Å². The normalized spacial score (nSPS) is 16.7. The molecule has 1 aliphatic carbocycles. The van der Waals surface area contributed by atoms with Gasteiger partial charge < -0.3 is 10.3 Å². The van der Waals surface area contributed by atoms with E-state index in [1.54, 1.807) is 6.20 Å². The molecule has 1 aromatic rings. The molecule has 0 amide bonds. The summed E-state index contributed by atoms with van der Waals surface area (Å²) in [7, 11) is 0. The van der Waals surface area contributed by atoms with Crippen LogP contribution in [0, 0.1) is 5.92 Å². The molecule has 0 atom stereocenters. The van der Waals surface area contributed by atoms with Crippen LogP contribution in [0.5, 0.6) is 0 Å². The lowest BCUT2D eigenvalue weighted by molar-refractivity contribution is 0.757.